The highest BCUT2D eigenvalue weighted by atomic mass is 35.5. The molecule has 1 aromatic rings. The second-order valence-electron chi connectivity index (χ2n) is 6.12. The fourth-order valence-electron chi connectivity index (χ4n) is 2.69. The number of hydrogen-bond acceptors (Lipinski definition) is 3. The molecule has 0 bridgehead atoms. The number of ether oxygens (including phenoxy) is 1. The third-order valence-corrected chi connectivity index (χ3v) is 4.44. The predicted octanol–water partition coefficient (Wildman–Crippen LogP) is 4.74. The van der Waals surface area contributed by atoms with Crippen molar-refractivity contribution in [3.63, 3.8) is 0 Å². The van der Waals surface area contributed by atoms with Crippen LogP contribution in [0.1, 0.15) is 51.6 Å². The maximum absolute atomic E-state index is 12.7. The molecule has 1 atom stereocenters. The van der Waals surface area contributed by atoms with Crippen LogP contribution in [0, 0.1) is 0 Å². The van der Waals surface area contributed by atoms with Crippen molar-refractivity contribution < 1.29 is 14.3 Å². The number of allylic oxidation sites excluding steroid dienone is 1. The lowest BCUT2D eigenvalue weighted by Crippen LogP contribution is -2.46. The van der Waals surface area contributed by atoms with Crippen molar-refractivity contribution >= 4 is 35.2 Å². The summed E-state index contributed by atoms with van der Waals surface area (Å²) in [5, 5.41) is 6.24. The zero-order chi connectivity index (χ0) is 18.6. The first-order valence-electron chi connectivity index (χ1n) is 8.30. The van der Waals surface area contributed by atoms with Gasteiger partial charge in [0.15, 0.2) is 0 Å². The van der Waals surface area contributed by atoms with Crippen molar-refractivity contribution in [2.75, 3.05) is 0 Å². The molecule has 7 heteroatoms. The van der Waals surface area contributed by atoms with Gasteiger partial charge in [0, 0.05) is 21.3 Å². The SMILES string of the molecule is CCCCC1=C(C(=O)OC(C)C)C(c2c(Cl)cccc2Cl)NC(=O)N1. The second-order valence-corrected chi connectivity index (χ2v) is 6.93. The van der Waals surface area contributed by atoms with E-state index in [0.717, 1.165) is 12.8 Å². The minimum atomic E-state index is -0.756. The normalized spacial score (nSPS) is 17.4. The summed E-state index contributed by atoms with van der Waals surface area (Å²) in [6.07, 6.45) is 2.03. The molecule has 1 heterocycles. The molecule has 1 aromatic carbocycles. The molecular formula is C18H22Cl2N2O3. The van der Waals surface area contributed by atoms with Gasteiger partial charge >= 0.3 is 12.0 Å². The molecule has 0 radical (unpaired) electrons. The maximum Gasteiger partial charge on any atom is 0.338 e. The Bertz CT molecular complexity index is 681. The fraction of sp³-hybridized carbons (Fsp3) is 0.444. The van der Waals surface area contributed by atoms with E-state index in [-0.39, 0.29) is 6.10 Å². The van der Waals surface area contributed by atoms with E-state index < -0.39 is 18.0 Å². The molecule has 25 heavy (non-hydrogen) atoms. The average Bonchev–Trinajstić information content (AvgIpc) is 2.51. The minimum absolute atomic E-state index is 0.285. The van der Waals surface area contributed by atoms with Crippen LogP contribution in [0.2, 0.25) is 10.0 Å². The van der Waals surface area contributed by atoms with Gasteiger partial charge in [-0.3, -0.25) is 0 Å². The van der Waals surface area contributed by atoms with Gasteiger partial charge < -0.3 is 15.4 Å². The zero-order valence-electron chi connectivity index (χ0n) is 14.5. The number of benzene rings is 1. The molecule has 1 unspecified atom stereocenters. The van der Waals surface area contributed by atoms with Gasteiger partial charge in [-0.05, 0) is 38.8 Å². The van der Waals surface area contributed by atoms with Crippen molar-refractivity contribution in [2.45, 2.75) is 52.2 Å². The number of halogens is 2. The predicted molar refractivity (Wildman–Crippen MR) is 98.6 cm³/mol. The van der Waals surface area contributed by atoms with Crippen molar-refractivity contribution in [1.82, 2.24) is 10.6 Å². The standard InChI is InChI=1S/C18H22Cl2N2O3/c1-4-5-9-13-15(17(23)25-10(2)3)16(22-18(24)21-13)14-11(19)7-6-8-12(14)20/h6-8,10,16H,4-5,9H2,1-3H3,(H2,21,22,24). The number of unbranched alkanes of at least 4 members (excludes halogenated alkanes) is 1. The Hall–Kier alpha value is -1.72. The monoisotopic (exact) mass is 384 g/mol. The molecular weight excluding hydrogens is 363 g/mol. The molecule has 0 saturated heterocycles. The molecule has 2 N–H and O–H groups in total. The van der Waals surface area contributed by atoms with Crippen LogP contribution in [-0.4, -0.2) is 18.1 Å². The lowest BCUT2D eigenvalue weighted by molar-refractivity contribution is -0.143. The van der Waals surface area contributed by atoms with Crippen LogP contribution < -0.4 is 10.6 Å². The summed E-state index contributed by atoms with van der Waals surface area (Å²) in [6.45, 7) is 5.59. The number of carbonyl (C=O) groups is 2. The quantitative estimate of drug-likeness (QED) is 0.695. The van der Waals surface area contributed by atoms with Crippen LogP contribution in [0.25, 0.3) is 0 Å². The van der Waals surface area contributed by atoms with E-state index in [9.17, 15) is 9.59 Å². The number of esters is 1. The Balaban J connectivity index is 2.57. The van der Waals surface area contributed by atoms with E-state index in [1.165, 1.54) is 0 Å². The molecule has 136 valence electrons. The summed E-state index contributed by atoms with van der Waals surface area (Å²) < 4.78 is 5.39. The van der Waals surface area contributed by atoms with Gasteiger partial charge in [0.05, 0.1) is 17.7 Å². The highest BCUT2D eigenvalue weighted by molar-refractivity contribution is 6.36. The van der Waals surface area contributed by atoms with Crippen LogP contribution in [-0.2, 0) is 9.53 Å². The lowest BCUT2D eigenvalue weighted by atomic mass is 9.93. The van der Waals surface area contributed by atoms with Gasteiger partial charge in [0.1, 0.15) is 0 Å². The fourth-order valence-corrected chi connectivity index (χ4v) is 3.31. The van der Waals surface area contributed by atoms with Gasteiger partial charge in [-0.1, -0.05) is 42.6 Å². The van der Waals surface area contributed by atoms with Gasteiger partial charge in [-0.2, -0.15) is 0 Å². The van der Waals surface area contributed by atoms with Crippen LogP contribution >= 0.6 is 23.2 Å². The Morgan fingerprint density at radius 3 is 2.48 bits per heavy atom. The summed E-state index contributed by atoms with van der Waals surface area (Å²) in [4.78, 5) is 24.9. The smallest absolute Gasteiger partial charge is 0.338 e. The molecule has 1 aliphatic heterocycles. The molecule has 0 fully saturated rings. The van der Waals surface area contributed by atoms with E-state index in [0.29, 0.717) is 33.3 Å². The van der Waals surface area contributed by atoms with Gasteiger partial charge in [0.25, 0.3) is 0 Å². The van der Waals surface area contributed by atoms with Crippen LogP contribution in [0.3, 0.4) is 0 Å². The van der Waals surface area contributed by atoms with E-state index in [1.807, 2.05) is 6.92 Å². The second kappa shape index (κ2) is 8.59. The van der Waals surface area contributed by atoms with Crippen molar-refractivity contribution in [3.05, 3.63) is 45.1 Å². The number of carbonyl (C=O) groups excluding carboxylic acids is 2. The summed E-state index contributed by atoms with van der Waals surface area (Å²) in [5.41, 5.74) is 1.39. The van der Waals surface area contributed by atoms with Gasteiger partial charge in [-0.15, -0.1) is 0 Å². The molecule has 0 aliphatic carbocycles. The molecule has 5 nitrogen and oxygen atoms in total. The summed E-state index contributed by atoms with van der Waals surface area (Å²) in [5.74, 6) is -0.491. The highest BCUT2D eigenvalue weighted by Gasteiger charge is 2.35. The third-order valence-electron chi connectivity index (χ3n) is 3.79. The lowest BCUT2D eigenvalue weighted by Gasteiger charge is -2.30. The summed E-state index contributed by atoms with van der Waals surface area (Å²) in [7, 11) is 0. The molecule has 2 rings (SSSR count). The highest BCUT2D eigenvalue weighted by Crippen LogP contribution is 2.37. The first-order chi connectivity index (χ1) is 11.8. The molecule has 2 amide bonds. The van der Waals surface area contributed by atoms with Crippen molar-refractivity contribution in [3.8, 4) is 0 Å². The summed E-state index contributed by atoms with van der Waals surface area (Å²) in [6, 6.07) is 3.91. The van der Waals surface area contributed by atoms with E-state index in [4.69, 9.17) is 27.9 Å². The Morgan fingerprint density at radius 2 is 1.92 bits per heavy atom. The number of nitrogens with one attached hydrogen (secondary N) is 2. The van der Waals surface area contributed by atoms with Crippen LogP contribution in [0.5, 0.6) is 0 Å². The van der Waals surface area contributed by atoms with Crippen molar-refractivity contribution in [2.24, 2.45) is 0 Å². The Kier molecular flexibility index (Phi) is 6.73. The van der Waals surface area contributed by atoms with Crippen LogP contribution in [0.4, 0.5) is 4.79 Å². The number of rotatable bonds is 6. The third kappa shape index (κ3) is 4.67. The Labute approximate surface area is 157 Å². The first kappa shape index (κ1) is 19.6. The number of amides is 2. The number of hydrogen-bond donors (Lipinski definition) is 2. The van der Waals surface area contributed by atoms with E-state index in [2.05, 4.69) is 10.6 Å². The van der Waals surface area contributed by atoms with E-state index >= 15 is 0 Å². The molecule has 0 aromatic heterocycles. The van der Waals surface area contributed by atoms with Gasteiger partial charge in [-0.25, -0.2) is 9.59 Å². The van der Waals surface area contributed by atoms with Crippen molar-refractivity contribution in [1.29, 1.82) is 0 Å². The largest absolute Gasteiger partial charge is 0.459 e. The minimum Gasteiger partial charge on any atom is -0.459 e. The zero-order valence-corrected chi connectivity index (χ0v) is 16.0. The topological polar surface area (TPSA) is 67.4 Å². The Morgan fingerprint density at radius 1 is 1.28 bits per heavy atom. The maximum atomic E-state index is 12.7. The molecule has 0 spiro atoms. The first-order valence-corrected chi connectivity index (χ1v) is 9.06. The molecule has 1 aliphatic rings. The van der Waals surface area contributed by atoms with Gasteiger partial charge in [0.2, 0.25) is 0 Å². The summed E-state index contributed by atoms with van der Waals surface area (Å²) >= 11 is 12.6. The average molecular weight is 385 g/mol. The van der Waals surface area contributed by atoms with E-state index in [1.54, 1.807) is 32.0 Å². The number of urea groups is 1. The molecule has 0 saturated carbocycles. The van der Waals surface area contributed by atoms with Crippen LogP contribution in [0.15, 0.2) is 29.5 Å².